The molecule has 0 fully saturated rings. The van der Waals surface area contributed by atoms with Crippen LogP contribution in [0.1, 0.15) is 25.2 Å². The maximum Gasteiger partial charge on any atom is 0.138 e. The molecule has 0 radical (unpaired) electrons. The molecule has 0 amide bonds. The van der Waals surface area contributed by atoms with E-state index in [0.717, 1.165) is 29.9 Å². The molecule has 0 saturated carbocycles. The van der Waals surface area contributed by atoms with Crippen LogP contribution in [-0.4, -0.2) is 11.7 Å². The number of rotatable bonds is 5. The second kappa shape index (κ2) is 5.83. The Morgan fingerprint density at radius 3 is 2.56 bits per heavy atom. The summed E-state index contributed by atoms with van der Waals surface area (Å²) in [6.45, 7) is 5.04. The van der Waals surface area contributed by atoms with Gasteiger partial charge in [0.15, 0.2) is 0 Å². The van der Waals surface area contributed by atoms with E-state index in [1.807, 2.05) is 6.07 Å². The van der Waals surface area contributed by atoms with Crippen LogP contribution in [0.4, 0.5) is 0 Å². The Kier molecular flexibility index (Phi) is 4.15. The first-order valence-corrected chi connectivity index (χ1v) is 6.44. The van der Waals surface area contributed by atoms with Gasteiger partial charge in [-0.25, -0.2) is 0 Å². The van der Waals surface area contributed by atoms with Crippen molar-refractivity contribution in [1.82, 2.24) is 5.16 Å². The van der Waals surface area contributed by atoms with Crippen LogP contribution in [-0.2, 0) is 12.8 Å². The summed E-state index contributed by atoms with van der Waals surface area (Å²) < 4.78 is 5.22. The van der Waals surface area contributed by atoms with Crippen molar-refractivity contribution in [3.63, 3.8) is 0 Å². The molecule has 0 aliphatic heterocycles. The van der Waals surface area contributed by atoms with Crippen LogP contribution in [0.3, 0.4) is 0 Å². The zero-order valence-electron chi connectivity index (χ0n) is 11.0. The molecular weight excluding hydrogens is 224 g/mol. The van der Waals surface area contributed by atoms with Crippen LogP contribution in [0.2, 0.25) is 0 Å². The summed E-state index contributed by atoms with van der Waals surface area (Å²) in [7, 11) is 0. The van der Waals surface area contributed by atoms with Crippen molar-refractivity contribution < 1.29 is 4.52 Å². The molecule has 18 heavy (non-hydrogen) atoms. The van der Waals surface area contributed by atoms with Gasteiger partial charge in [-0.15, -0.1) is 0 Å². The second-order valence-electron chi connectivity index (χ2n) is 5.01. The average molecular weight is 244 g/mol. The van der Waals surface area contributed by atoms with Gasteiger partial charge >= 0.3 is 0 Å². The highest BCUT2D eigenvalue weighted by Crippen LogP contribution is 2.20. The smallest absolute Gasteiger partial charge is 0.138 e. The Hall–Kier alpha value is -1.61. The minimum Gasteiger partial charge on any atom is -0.361 e. The van der Waals surface area contributed by atoms with Crippen molar-refractivity contribution in [3.8, 4) is 11.3 Å². The van der Waals surface area contributed by atoms with Gasteiger partial charge < -0.3 is 10.3 Å². The third kappa shape index (κ3) is 3.20. The third-order valence-electron chi connectivity index (χ3n) is 2.84. The number of nitrogens with two attached hydrogens (primary N) is 1. The van der Waals surface area contributed by atoms with Gasteiger partial charge in [-0.1, -0.05) is 43.3 Å². The first-order valence-electron chi connectivity index (χ1n) is 6.44. The maximum atomic E-state index is 5.49. The Morgan fingerprint density at radius 2 is 1.94 bits per heavy atom. The molecule has 0 aliphatic carbocycles. The van der Waals surface area contributed by atoms with Crippen molar-refractivity contribution in [2.24, 2.45) is 11.7 Å². The van der Waals surface area contributed by atoms with Gasteiger partial charge in [0.2, 0.25) is 0 Å². The topological polar surface area (TPSA) is 52.0 Å². The molecular formula is C15H20N2O. The van der Waals surface area contributed by atoms with Gasteiger partial charge in [0, 0.05) is 18.1 Å². The third-order valence-corrected chi connectivity index (χ3v) is 2.84. The predicted molar refractivity (Wildman–Crippen MR) is 73.2 cm³/mol. The van der Waals surface area contributed by atoms with Crippen LogP contribution in [0.15, 0.2) is 34.9 Å². The van der Waals surface area contributed by atoms with Crippen LogP contribution in [0.25, 0.3) is 11.3 Å². The molecule has 0 atom stereocenters. The van der Waals surface area contributed by atoms with E-state index in [0.29, 0.717) is 12.5 Å². The molecule has 0 spiro atoms. The van der Waals surface area contributed by atoms with Crippen molar-refractivity contribution in [3.05, 3.63) is 41.7 Å². The normalized spacial score (nSPS) is 11.1. The molecule has 2 rings (SSSR count). The number of nitrogens with zero attached hydrogens (tertiary/aromatic N) is 1. The molecule has 0 bridgehead atoms. The molecule has 2 N–H and O–H groups in total. The highest BCUT2D eigenvalue weighted by atomic mass is 16.5. The quantitative estimate of drug-likeness (QED) is 0.879. The predicted octanol–water partition coefficient (Wildman–Crippen LogP) is 3.04. The summed E-state index contributed by atoms with van der Waals surface area (Å²) in [4.78, 5) is 0. The zero-order valence-corrected chi connectivity index (χ0v) is 11.0. The fraction of sp³-hybridized carbons (Fsp3) is 0.400. The molecule has 1 heterocycles. The highest BCUT2D eigenvalue weighted by Gasteiger charge is 2.06. The van der Waals surface area contributed by atoms with Gasteiger partial charge in [-0.2, -0.15) is 0 Å². The van der Waals surface area contributed by atoms with Crippen molar-refractivity contribution in [2.75, 3.05) is 6.54 Å². The van der Waals surface area contributed by atoms with Gasteiger partial charge in [0.1, 0.15) is 11.5 Å². The fourth-order valence-electron chi connectivity index (χ4n) is 1.99. The van der Waals surface area contributed by atoms with Crippen LogP contribution < -0.4 is 5.73 Å². The lowest BCUT2D eigenvalue weighted by atomic mass is 10.0. The SMILES string of the molecule is CC(C)Cc1ccc(-c2cc(CCN)on2)cc1. The average Bonchev–Trinajstić information content (AvgIpc) is 2.78. The minimum absolute atomic E-state index is 0.585. The van der Waals surface area contributed by atoms with Crippen LogP contribution in [0.5, 0.6) is 0 Å². The summed E-state index contributed by atoms with van der Waals surface area (Å²) >= 11 is 0. The summed E-state index contributed by atoms with van der Waals surface area (Å²) in [6, 6.07) is 10.5. The van der Waals surface area contributed by atoms with Crippen LogP contribution >= 0.6 is 0 Å². The van der Waals surface area contributed by atoms with Crippen molar-refractivity contribution >= 4 is 0 Å². The van der Waals surface area contributed by atoms with Gasteiger partial charge in [0.05, 0.1) is 0 Å². The Morgan fingerprint density at radius 1 is 1.22 bits per heavy atom. The van der Waals surface area contributed by atoms with E-state index >= 15 is 0 Å². The number of aromatic nitrogens is 1. The van der Waals surface area contributed by atoms with E-state index in [-0.39, 0.29) is 0 Å². The van der Waals surface area contributed by atoms with E-state index in [1.165, 1.54) is 5.56 Å². The first-order chi connectivity index (χ1) is 8.69. The lowest BCUT2D eigenvalue weighted by molar-refractivity contribution is 0.386. The van der Waals surface area contributed by atoms with Gasteiger partial charge in [0.25, 0.3) is 0 Å². The van der Waals surface area contributed by atoms with Crippen molar-refractivity contribution in [1.29, 1.82) is 0 Å². The van der Waals surface area contributed by atoms with E-state index in [1.54, 1.807) is 0 Å². The Bertz CT molecular complexity index is 485. The van der Waals surface area contributed by atoms with Crippen LogP contribution in [0, 0.1) is 5.92 Å². The Labute approximate surface area is 108 Å². The molecule has 3 heteroatoms. The largest absolute Gasteiger partial charge is 0.361 e. The minimum atomic E-state index is 0.585. The van der Waals surface area contributed by atoms with Crippen molar-refractivity contribution in [2.45, 2.75) is 26.7 Å². The van der Waals surface area contributed by atoms with E-state index in [2.05, 4.69) is 43.3 Å². The summed E-state index contributed by atoms with van der Waals surface area (Å²) in [6.07, 6.45) is 1.84. The molecule has 0 saturated heterocycles. The molecule has 1 aromatic carbocycles. The molecule has 1 aromatic heterocycles. The maximum absolute atomic E-state index is 5.49. The highest BCUT2D eigenvalue weighted by molar-refractivity contribution is 5.59. The number of benzene rings is 1. The molecule has 0 aliphatic rings. The summed E-state index contributed by atoms with van der Waals surface area (Å²) in [5.74, 6) is 1.53. The lowest BCUT2D eigenvalue weighted by Gasteiger charge is -2.04. The Balaban J connectivity index is 2.12. The van der Waals surface area contributed by atoms with E-state index in [9.17, 15) is 0 Å². The van der Waals surface area contributed by atoms with E-state index < -0.39 is 0 Å². The first kappa shape index (κ1) is 12.8. The molecule has 3 nitrogen and oxygen atoms in total. The molecule has 2 aromatic rings. The monoisotopic (exact) mass is 244 g/mol. The summed E-state index contributed by atoms with van der Waals surface area (Å²) in [5, 5.41) is 4.07. The molecule has 0 unspecified atom stereocenters. The summed E-state index contributed by atoms with van der Waals surface area (Å²) in [5.41, 5.74) is 8.82. The fourth-order valence-corrected chi connectivity index (χ4v) is 1.99. The second-order valence-corrected chi connectivity index (χ2v) is 5.01. The number of hydrogen-bond donors (Lipinski definition) is 1. The molecule has 96 valence electrons. The van der Waals surface area contributed by atoms with Gasteiger partial charge in [-0.05, 0) is 24.4 Å². The number of hydrogen-bond acceptors (Lipinski definition) is 3. The van der Waals surface area contributed by atoms with Gasteiger partial charge in [-0.3, -0.25) is 0 Å². The van der Waals surface area contributed by atoms with E-state index in [4.69, 9.17) is 10.3 Å². The lowest BCUT2D eigenvalue weighted by Crippen LogP contribution is -2.01. The standard InChI is InChI=1S/C15H20N2O/c1-11(2)9-12-3-5-13(6-4-12)15-10-14(7-8-16)18-17-15/h3-6,10-11H,7-9,16H2,1-2H3. The zero-order chi connectivity index (χ0) is 13.0.